The van der Waals surface area contributed by atoms with Crippen LogP contribution in [0.3, 0.4) is 0 Å². The van der Waals surface area contributed by atoms with Crippen molar-refractivity contribution in [2.75, 3.05) is 63.5 Å². The number of piperazine rings is 2. The summed E-state index contributed by atoms with van der Waals surface area (Å²) in [5.74, 6) is 0.785. The van der Waals surface area contributed by atoms with Gasteiger partial charge in [0.15, 0.2) is 0 Å². The van der Waals surface area contributed by atoms with Crippen LogP contribution in [-0.4, -0.2) is 92.4 Å². The van der Waals surface area contributed by atoms with Crippen LogP contribution in [0.15, 0.2) is 23.2 Å². The highest BCUT2D eigenvalue weighted by Gasteiger charge is 2.27. The summed E-state index contributed by atoms with van der Waals surface area (Å²) >= 11 is 1.76. The van der Waals surface area contributed by atoms with Gasteiger partial charge >= 0.3 is 0 Å². The van der Waals surface area contributed by atoms with Gasteiger partial charge in [-0.2, -0.15) is 4.31 Å². The molecule has 2 saturated heterocycles. The lowest BCUT2D eigenvalue weighted by atomic mass is 10.00. The van der Waals surface area contributed by atoms with Crippen LogP contribution in [-0.2, 0) is 23.1 Å². The van der Waals surface area contributed by atoms with Gasteiger partial charge in [0.05, 0.1) is 28.7 Å². The highest BCUT2D eigenvalue weighted by Crippen LogP contribution is 2.40. The van der Waals surface area contributed by atoms with Gasteiger partial charge in [0.2, 0.25) is 16.0 Å². The summed E-state index contributed by atoms with van der Waals surface area (Å²) < 4.78 is 26.6. The lowest BCUT2D eigenvalue weighted by molar-refractivity contribution is 0.182. The second-order valence-corrected chi connectivity index (χ2v) is 12.9. The molecule has 0 radical (unpaired) electrons. The van der Waals surface area contributed by atoms with Crippen molar-refractivity contribution in [2.24, 2.45) is 4.99 Å². The van der Waals surface area contributed by atoms with Crippen LogP contribution in [0.4, 0.5) is 5.95 Å². The molecule has 0 unspecified atom stereocenters. The van der Waals surface area contributed by atoms with E-state index < -0.39 is 10.0 Å². The third-order valence-electron chi connectivity index (χ3n) is 7.34. The fraction of sp³-hybridized carbons (Fsp3) is 0.480. The van der Waals surface area contributed by atoms with E-state index in [1.54, 1.807) is 15.6 Å². The number of nitrogens with one attached hydrogen (secondary N) is 1. The second kappa shape index (κ2) is 9.46. The van der Waals surface area contributed by atoms with Crippen molar-refractivity contribution in [1.82, 2.24) is 24.5 Å². The second-order valence-electron chi connectivity index (χ2n) is 9.71. The van der Waals surface area contributed by atoms with Gasteiger partial charge in [-0.1, -0.05) is 18.2 Å². The molecule has 3 aromatic rings. The minimum Gasteiger partial charge on any atom is -0.338 e. The lowest BCUT2D eigenvalue weighted by Crippen LogP contribution is -2.47. The van der Waals surface area contributed by atoms with E-state index in [-0.39, 0.29) is 0 Å². The first-order chi connectivity index (χ1) is 17.4. The van der Waals surface area contributed by atoms with E-state index in [1.165, 1.54) is 22.3 Å². The number of fused-ring (bicyclic) bond motifs is 2. The molecule has 5 heterocycles. The molecule has 2 fully saturated rings. The summed E-state index contributed by atoms with van der Waals surface area (Å²) in [7, 11) is -3.15. The Hall–Kier alpha value is -2.44. The molecule has 1 aromatic carbocycles. The van der Waals surface area contributed by atoms with Gasteiger partial charge in [-0.3, -0.25) is 9.89 Å². The van der Waals surface area contributed by atoms with Crippen LogP contribution in [0, 0.1) is 6.92 Å². The van der Waals surface area contributed by atoms with Crippen LogP contribution in [0.1, 0.15) is 21.6 Å². The molecule has 0 atom stereocenters. The monoisotopic (exact) mass is 525 g/mol. The molecule has 11 heteroatoms. The van der Waals surface area contributed by atoms with Crippen molar-refractivity contribution in [3.8, 4) is 11.3 Å². The molecule has 0 saturated carbocycles. The number of aromatic nitrogens is 2. The summed E-state index contributed by atoms with van der Waals surface area (Å²) in [5, 5.41) is 3.42. The fourth-order valence-electron chi connectivity index (χ4n) is 5.28. The number of sulfonamides is 1. The summed E-state index contributed by atoms with van der Waals surface area (Å²) in [4.78, 5) is 20.7. The van der Waals surface area contributed by atoms with Gasteiger partial charge in [-0.05, 0) is 12.5 Å². The zero-order valence-corrected chi connectivity index (χ0v) is 22.3. The Kier molecular flexibility index (Phi) is 6.29. The molecule has 2 aromatic heterocycles. The van der Waals surface area contributed by atoms with Crippen LogP contribution >= 0.6 is 11.3 Å². The highest BCUT2D eigenvalue weighted by atomic mass is 32.2. The van der Waals surface area contributed by atoms with E-state index in [4.69, 9.17) is 9.97 Å². The number of rotatable bonds is 5. The molecule has 0 aliphatic carbocycles. The molecule has 0 amide bonds. The third-order valence-corrected chi connectivity index (χ3v) is 9.78. The maximum absolute atomic E-state index is 12.0. The quantitative estimate of drug-likeness (QED) is 0.545. The van der Waals surface area contributed by atoms with Crippen LogP contribution in [0.5, 0.6) is 0 Å². The Morgan fingerprint density at radius 3 is 2.58 bits per heavy atom. The van der Waals surface area contributed by atoms with Crippen LogP contribution in [0.2, 0.25) is 0 Å². The predicted molar refractivity (Wildman–Crippen MR) is 146 cm³/mol. The Balaban J connectivity index is 1.42. The first-order valence-corrected chi connectivity index (χ1v) is 15.1. The van der Waals surface area contributed by atoms with E-state index in [1.807, 2.05) is 6.21 Å². The number of hydrogen-bond acceptors (Lipinski definition) is 9. The zero-order valence-electron chi connectivity index (χ0n) is 20.7. The van der Waals surface area contributed by atoms with Crippen molar-refractivity contribution in [1.29, 1.82) is 0 Å². The minimum atomic E-state index is -3.15. The molecule has 1 N–H and O–H groups in total. The van der Waals surface area contributed by atoms with E-state index in [0.717, 1.165) is 85.3 Å². The van der Waals surface area contributed by atoms with Crippen molar-refractivity contribution in [3.63, 3.8) is 0 Å². The van der Waals surface area contributed by atoms with Crippen LogP contribution in [0.25, 0.3) is 21.5 Å². The summed E-state index contributed by atoms with van der Waals surface area (Å²) in [6.45, 7) is 9.74. The summed E-state index contributed by atoms with van der Waals surface area (Å²) in [5.41, 5.74) is 6.75. The minimum absolute atomic E-state index is 0.529. The number of aliphatic imine (C=N–C) groups is 1. The summed E-state index contributed by atoms with van der Waals surface area (Å²) in [6, 6.07) is 6.39. The third kappa shape index (κ3) is 4.43. The highest BCUT2D eigenvalue weighted by molar-refractivity contribution is 7.88. The molecule has 3 aliphatic heterocycles. The van der Waals surface area contributed by atoms with Gasteiger partial charge in [-0.15, -0.1) is 11.3 Å². The van der Waals surface area contributed by atoms with E-state index in [9.17, 15) is 8.42 Å². The molecular weight excluding hydrogens is 494 g/mol. The fourth-order valence-corrected chi connectivity index (χ4v) is 7.22. The molecule has 9 nitrogen and oxygen atoms in total. The Bertz CT molecular complexity index is 1440. The van der Waals surface area contributed by atoms with Crippen molar-refractivity contribution >= 4 is 43.7 Å². The smallest absolute Gasteiger partial charge is 0.226 e. The normalized spacial score (nSPS) is 19.3. The number of anilines is 1. The average molecular weight is 526 g/mol. The number of nitrogens with zero attached hydrogens (tertiary/aromatic N) is 6. The SMILES string of the molecule is Cc1sc2c(-c3cccc4c3C=NC4)nc(N3CCNCC3)nc2c1CN1CCN(S(C)(=O)=O)CC1. The van der Waals surface area contributed by atoms with E-state index in [0.29, 0.717) is 13.1 Å². The zero-order chi connectivity index (χ0) is 24.9. The van der Waals surface area contributed by atoms with Gasteiger partial charge < -0.3 is 10.2 Å². The van der Waals surface area contributed by atoms with Crippen molar-refractivity contribution in [2.45, 2.75) is 20.0 Å². The average Bonchev–Trinajstić information content (AvgIpc) is 3.48. The predicted octanol–water partition coefficient (Wildman–Crippen LogP) is 2.09. The van der Waals surface area contributed by atoms with Crippen molar-refractivity contribution < 1.29 is 8.42 Å². The Morgan fingerprint density at radius 2 is 1.83 bits per heavy atom. The molecule has 190 valence electrons. The van der Waals surface area contributed by atoms with Gasteiger partial charge in [0, 0.05) is 86.7 Å². The maximum atomic E-state index is 12.0. The molecular formula is C25H31N7O2S2. The number of hydrogen-bond donors (Lipinski definition) is 1. The number of thiophene rings is 1. The first-order valence-electron chi connectivity index (χ1n) is 12.4. The Morgan fingerprint density at radius 1 is 1.06 bits per heavy atom. The largest absolute Gasteiger partial charge is 0.338 e. The molecule has 0 bridgehead atoms. The molecule has 3 aliphatic rings. The van der Waals surface area contributed by atoms with Crippen molar-refractivity contribution in [3.05, 3.63) is 39.8 Å². The lowest BCUT2D eigenvalue weighted by Gasteiger charge is -2.33. The molecule has 0 spiro atoms. The topological polar surface area (TPSA) is 94.0 Å². The van der Waals surface area contributed by atoms with Gasteiger partial charge in [-0.25, -0.2) is 18.4 Å². The van der Waals surface area contributed by atoms with Gasteiger partial charge in [0.1, 0.15) is 0 Å². The Labute approximate surface area is 215 Å². The van der Waals surface area contributed by atoms with Gasteiger partial charge in [0.25, 0.3) is 0 Å². The number of benzene rings is 1. The maximum Gasteiger partial charge on any atom is 0.226 e. The summed E-state index contributed by atoms with van der Waals surface area (Å²) in [6.07, 6.45) is 3.27. The van der Waals surface area contributed by atoms with Crippen LogP contribution < -0.4 is 10.2 Å². The first kappa shape index (κ1) is 23.9. The molecule has 36 heavy (non-hydrogen) atoms. The van der Waals surface area contributed by atoms with E-state index >= 15 is 0 Å². The number of aryl methyl sites for hydroxylation is 1. The standard InChI is InChI=1S/C25H31N7O2S2/c1-17-21(16-30-10-12-32(13-11-30)36(2,33)34)23-24(35-17)22(19-5-3-4-18-14-27-15-20(18)19)28-25(29-23)31-8-6-26-7-9-31/h3-5,15,26H,6-14,16H2,1-2H3. The molecule has 6 rings (SSSR count). The van der Waals surface area contributed by atoms with E-state index in [2.05, 4.69) is 45.2 Å².